The molecule has 2 fully saturated rings. The molecule has 4 heterocycles. The van der Waals surface area contributed by atoms with Crippen molar-refractivity contribution in [2.45, 2.75) is 76.3 Å². The van der Waals surface area contributed by atoms with Crippen molar-refractivity contribution >= 4 is 11.8 Å². The molecule has 0 unspecified atom stereocenters. The van der Waals surface area contributed by atoms with E-state index in [1.54, 1.807) is 11.0 Å². The Labute approximate surface area is 198 Å². The molecule has 0 aromatic heterocycles. The number of carbonyl (C=O) groups excluding carboxylic acids is 2. The molecule has 1 aliphatic carbocycles. The van der Waals surface area contributed by atoms with Gasteiger partial charge in [0.1, 0.15) is 11.8 Å². The molecule has 0 aromatic carbocycles. The van der Waals surface area contributed by atoms with Gasteiger partial charge in [-0.05, 0) is 63.4 Å². The number of hydrogen-bond acceptors (Lipinski definition) is 3. The van der Waals surface area contributed by atoms with E-state index < -0.39 is 11.5 Å². The summed E-state index contributed by atoms with van der Waals surface area (Å²) in [5.41, 5.74) is 0.0752. The van der Waals surface area contributed by atoms with Crippen LogP contribution in [-0.4, -0.2) is 51.9 Å². The van der Waals surface area contributed by atoms with Crippen LogP contribution in [0.1, 0.15) is 64.2 Å². The van der Waals surface area contributed by atoms with Gasteiger partial charge >= 0.3 is 0 Å². The second-order valence-corrected chi connectivity index (χ2v) is 9.85. The third kappa shape index (κ3) is 4.11. The van der Waals surface area contributed by atoms with Crippen molar-refractivity contribution in [2.75, 3.05) is 13.1 Å². The van der Waals surface area contributed by atoms with E-state index in [-0.39, 0.29) is 29.5 Å². The molecule has 5 nitrogen and oxygen atoms in total. The predicted octanol–water partition coefficient (Wildman–Crippen LogP) is 5.24. The van der Waals surface area contributed by atoms with Crippen LogP contribution in [0.3, 0.4) is 0 Å². The number of allylic oxidation sites excluding steroid dienone is 6. The Morgan fingerprint density at radius 1 is 1.15 bits per heavy atom. The summed E-state index contributed by atoms with van der Waals surface area (Å²) in [5, 5.41) is 11.5. The van der Waals surface area contributed by atoms with Gasteiger partial charge in [0.25, 0.3) is 0 Å². The van der Waals surface area contributed by atoms with Gasteiger partial charge < -0.3 is 14.9 Å². The second kappa shape index (κ2) is 10.1. The maximum Gasteiger partial charge on any atom is 0.232 e. The first-order chi connectivity index (χ1) is 16.1. The molecular weight excluding hydrogens is 412 g/mol. The number of aliphatic hydroxyl groups is 1. The lowest BCUT2D eigenvalue weighted by molar-refractivity contribution is -0.151. The maximum atomic E-state index is 14.1. The largest absolute Gasteiger partial charge is 0.510 e. The summed E-state index contributed by atoms with van der Waals surface area (Å²) in [7, 11) is 0. The van der Waals surface area contributed by atoms with E-state index in [0.29, 0.717) is 19.4 Å². The van der Waals surface area contributed by atoms with Crippen LogP contribution < -0.4 is 0 Å². The molecule has 0 aromatic rings. The third-order valence-electron chi connectivity index (χ3n) is 7.97. The van der Waals surface area contributed by atoms with Gasteiger partial charge in [-0.15, -0.1) is 13.2 Å². The first-order valence-corrected chi connectivity index (χ1v) is 12.6. The fourth-order valence-corrected chi connectivity index (χ4v) is 6.44. The van der Waals surface area contributed by atoms with E-state index >= 15 is 0 Å². The summed E-state index contributed by atoms with van der Waals surface area (Å²) < 4.78 is 0. The molecule has 5 heteroatoms. The van der Waals surface area contributed by atoms with Crippen molar-refractivity contribution in [3.63, 3.8) is 0 Å². The van der Waals surface area contributed by atoms with Crippen LogP contribution in [0.4, 0.5) is 0 Å². The highest BCUT2D eigenvalue weighted by atomic mass is 16.3. The molecule has 4 aliphatic heterocycles. The van der Waals surface area contributed by atoms with Crippen molar-refractivity contribution in [1.29, 1.82) is 0 Å². The van der Waals surface area contributed by atoms with Gasteiger partial charge in [-0.25, -0.2) is 0 Å². The Kier molecular flexibility index (Phi) is 7.26. The van der Waals surface area contributed by atoms with Crippen molar-refractivity contribution in [3.05, 3.63) is 60.9 Å². The second-order valence-electron chi connectivity index (χ2n) is 9.85. The molecule has 178 valence electrons. The number of unbranched alkanes of at least 4 members (excludes halogenated alkanes) is 1. The van der Waals surface area contributed by atoms with Gasteiger partial charge in [0.05, 0.1) is 11.5 Å². The zero-order chi connectivity index (χ0) is 23.4. The normalized spacial score (nSPS) is 33.9. The van der Waals surface area contributed by atoms with Gasteiger partial charge in [0.15, 0.2) is 0 Å². The Morgan fingerprint density at radius 2 is 1.94 bits per heavy atom. The first-order valence-electron chi connectivity index (χ1n) is 12.6. The van der Waals surface area contributed by atoms with Crippen LogP contribution >= 0.6 is 0 Å². The number of hydrogen-bond donors (Lipinski definition) is 1. The van der Waals surface area contributed by atoms with Gasteiger partial charge in [0, 0.05) is 25.4 Å². The summed E-state index contributed by atoms with van der Waals surface area (Å²) >= 11 is 0. The van der Waals surface area contributed by atoms with E-state index in [9.17, 15) is 14.7 Å². The minimum atomic E-state index is -0.784. The Bertz CT molecular complexity index is 886. The minimum absolute atomic E-state index is 0.0105. The molecule has 0 radical (unpaired) electrons. The fourth-order valence-electron chi connectivity index (χ4n) is 6.44. The summed E-state index contributed by atoms with van der Waals surface area (Å²) in [6.07, 6.45) is 20.4. The minimum Gasteiger partial charge on any atom is -0.510 e. The number of likely N-dealkylation sites (tertiary alicyclic amines) is 1. The summed E-state index contributed by atoms with van der Waals surface area (Å²) in [4.78, 5) is 31.3. The van der Waals surface area contributed by atoms with Gasteiger partial charge in [-0.3, -0.25) is 9.59 Å². The van der Waals surface area contributed by atoms with Crippen LogP contribution in [0.2, 0.25) is 0 Å². The van der Waals surface area contributed by atoms with E-state index in [0.717, 1.165) is 63.5 Å². The monoisotopic (exact) mass is 450 g/mol. The summed E-state index contributed by atoms with van der Waals surface area (Å²) in [6, 6.07) is -0.832. The topological polar surface area (TPSA) is 60.9 Å². The van der Waals surface area contributed by atoms with E-state index in [2.05, 4.69) is 31.4 Å². The SMILES string of the molecule is C=CCCCC(=O)N1[C@H]2C(O)=C3/C=C/CC/C=C\CCCCN4CC[C@@H]3[C@]2(C[C@@H]1C=C)C4=O. The standard InChI is InChI=1S/C28H38N2O3/c1-3-5-12-16-24(31)30-21(4-2)20-28-23-17-19-29(27(28)33)18-14-11-9-7-6-8-10-13-15-22(23)25(32)26(28)30/h3-4,6-7,13,15,21,23,26,32H,1-2,5,8-12,14,16-20H2/b7-6-,15-13+/t21-,23-,26-,28-/m0/s1. The van der Waals surface area contributed by atoms with Crippen LogP contribution in [0.25, 0.3) is 0 Å². The molecule has 5 aliphatic rings. The highest BCUT2D eigenvalue weighted by Crippen LogP contribution is 2.60. The zero-order valence-electron chi connectivity index (χ0n) is 19.8. The number of carbonyl (C=O) groups is 2. The molecule has 5 rings (SSSR count). The highest BCUT2D eigenvalue weighted by Gasteiger charge is 2.68. The first kappa shape index (κ1) is 23.6. The molecule has 33 heavy (non-hydrogen) atoms. The number of rotatable bonds is 5. The Balaban J connectivity index is 1.75. The zero-order valence-corrected chi connectivity index (χ0v) is 19.8. The van der Waals surface area contributed by atoms with Gasteiger partial charge in [0.2, 0.25) is 11.8 Å². The molecule has 2 amide bonds. The quantitative estimate of drug-likeness (QED) is 0.461. The van der Waals surface area contributed by atoms with Crippen LogP contribution in [0.15, 0.2) is 60.9 Å². The summed E-state index contributed by atoms with van der Waals surface area (Å²) in [6.45, 7) is 9.20. The number of piperidine rings is 1. The average molecular weight is 451 g/mol. The number of amides is 2. The van der Waals surface area contributed by atoms with Crippen molar-refractivity contribution in [1.82, 2.24) is 9.80 Å². The predicted molar refractivity (Wildman–Crippen MR) is 131 cm³/mol. The number of aliphatic hydroxyl groups excluding tert-OH is 1. The lowest BCUT2D eigenvalue weighted by Gasteiger charge is -2.44. The molecule has 1 spiro atoms. The van der Waals surface area contributed by atoms with E-state index in [4.69, 9.17) is 0 Å². The highest BCUT2D eigenvalue weighted by molar-refractivity contribution is 5.90. The Morgan fingerprint density at radius 3 is 2.73 bits per heavy atom. The number of fused-ring (bicyclic) bond motifs is 8. The van der Waals surface area contributed by atoms with Crippen LogP contribution in [-0.2, 0) is 9.59 Å². The fraction of sp³-hybridized carbons (Fsp3) is 0.571. The summed E-state index contributed by atoms with van der Waals surface area (Å²) in [5.74, 6) is 0.257. The molecule has 4 bridgehead atoms. The van der Waals surface area contributed by atoms with Crippen molar-refractivity contribution in [2.24, 2.45) is 11.3 Å². The van der Waals surface area contributed by atoms with Crippen molar-refractivity contribution < 1.29 is 14.7 Å². The van der Waals surface area contributed by atoms with Gasteiger partial charge in [-0.2, -0.15) is 0 Å². The van der Waals surface area contributed by atoms with E-state index in [1.165, 1.54) is 0 Å². The van der Waals surface area contributed by atoms with Crippen LogP contribution in [0, 0.1) is 11.3 Å². The maximum absolute atomic E-state index is 14.1. The number of nitrogens with zero attached hydrogens (tertiary/aromatic N) is 2. The molecular formula is C28H38N2O3. The molecule has 1 N–H and O–H groups in total. The van der Waals surface area contributed by atoms with Gasteiger partial charge in [-0.1, -0.05) is 36.5 Å². The molecule has 2 saturated heterocycles. The average Bonchev–Trinajstić information content (AvgIpc) is 3.26. The smallest absolute Gasteiger partial charge is 0.232 e. The molecule has 4 atom stereocenters. The molecule has 0 saturated carbocycles. The Hall–Kier alpha value is -2.56. The van der Waals surface area contributed by atoms with Crippen molar-refractivity contribution in [3.8, 4) is 0 Å². The van der Waals surface area contributed by atoms with Crippen LogP contribution in [0.5, 0.6) is 0 Å². The van der Waals surface area contributed by atoms with E-state index in [1.807, 2.05) is 17.1 Å². The third-order valence-corrected chi connectivity index (χ3v) is 7.97. The lowest BCUT2D eigenvalue weighted by atomic mass is 9.66. The lowest BCUT2D eigenvalue weighted by Crippen LogP contribution is -2.57.